The van der Waals surface area contributed by atoms with Crippen LogP contribution in [0.2, 0.25) is 0 Å². The average Bonchev–Trinajstić information content (AvgIpc) is 3.34. The van der Waals surface area contributed by atoms with E-state index in [1.165, 1.54) is 89.9 Å². The van der Waals surface area contributed by atoms with E-state index in [0.717, 1.165) is 128 Å². The van der Waals surface area contributed by atoms with E-state index >= 15 is 0 Å². The summed E-state index contributed by atoms with van der Waals surface area (Å²) in [6, 6.07) is 0. The van der Waals surface area contributed by atoms with Crippen LogP contribution in [0, 0.1) is 0 Å². The van der Waals surface area contributed by atoms with Crippen molar-refractivity contribution in [2.45, 2.75) is 264 Å². The number of ether oxygens (including phenoxy) is 3. The van der Waals surface area contributed by atoms with Crippen LogP contribution in [0.3, 0.4) is 0 Å². The minimum Gasteiger partial charge on any atom is -0.462 e. The Balaban J connectivity index is 4.46. The highest BCUT2D eigenvalue weighted by Gasteiger charge is 2.19. The maximum absolute atomic E-state index is 12.9. The quantitative estimate of drug-likeness (QED) is 0.0262. The Kier molecular flexibility index (Phi) is 52.9. The van der Waals surface area contributed by atoms with Crippen LogP contribution in [-0.2, 0) is 28.6 Å². The van der Waals surface area contributed by atoms with E-state index in [-0.39, 0.29) is 31.1 Å². The highest BCUT2D eigenvalue weighted by Crippen LogP contribution is 2.16. The normalized spacial score (nSPS) is 12.8. The van der Waals surface area contributed by atoms with Gasteiger partial charge in [-0.3, -0.25) is 14.4 Å². The van der Waals surface area contributed by atoms with Gasteiger partial charge in [0.15, 0.2) is 6.10 Å². The first-order chi connectivity index (χ1) is 33.5. The second-order valence-electron chi connectivity index (χ2n) is 18.4. The Labute approximate surface area is 419 Å². The van der Waals surface area contributed by atoms with Crippen LogP contribution in [0.25, 0.3) is 0 Å². The number of esters is 3. The summed E-state index contributed by atoms with van der Waals surface area (Å²) in [4.78, 5) is 38.1. The Morgan fingerprint density at radius 1 is 0.309 bits per heavy atom. The first kappa shape index (κ1) is 64.3. The van der Waals surface area contributed by atoms with Crippen LogP contribution in [0.1, 0.15) is 258 Å². The molecule has 0 saturated heterocycles. The van der Waals surface area contributed by atoms with Gasteiger partial charge in [0.1, 0.15) is 13.2 Å². The average molecular weight is 946 g/mol. The summed E-state index contributed by atoms with van der Waals surface area (Å²) in [5.74, 6) is -0.947. The fourth-order valence-corrected chi connectivity index (χ4v) is 7.66. The van der Waals surface area contributed by atoms with Gasteiger partial charge in [-0.2, -0.15) is 0 Å². The number of hydrogen-bond donors (Lipinski definition) is 0. The van der Waals surface area contributed by atoms with Gasteiger partial charge in [0.05, 0.1) is 0 Å². The maximum Gasteiger partial charge on any atom is 0.306 e. The second-order valence-corrected chi connectivity index (χ2v) is 18.4. The molecule has 6 heteroatoms. The van der Waals surface area contributed by atoms with Crippen LogP contribution in [0.4, 0.5) is 0 Å². The molecule has 0 radical (unpaired) electrons. The molecule has 0 fully saturated rings. The molecular weight excluding hydrogens is 841 g/mol. The van der Waals surface area contributed by atoms with E-state index in [2.05, 4.69) is 118 Å². The number of carbonyl (C=O) groups excluding carboxylic acids is 3. The molecule has 6 nitrogen and oxygen atoms in total. The van der Waals surface area contributed by atoms with Crippen molar-refractivity contribution in [1.82, 2.24) is 0 Å². The van der Waals surface area contributed by atoms with Gasteiger partial charge < -0.3 is 14.2 Å². The molecule has 0 saturated carbocycles. The summed E-state index contributed by atoms with van der Waals surface area (Å²) < 4.78 is 16.8. The van der Waals surface area contributed by atoms with E-state index in [4.69, 9.17) is 14.2 Å². The number of unbranched alkanes of at least 4 members (excludes halogenated alkanes) is 23. The highest BCUT2D eigenvalue weighted by molar-refractivity contribution is 5.71. The Morgan fingerprint density at radius 3 is 0.912 bits per heavy atom. The fraction of sp³-hybridized carbons (Fsp3) is 0.694. The van der Waals surface area contributed by atoms with Crippen molar-refractivity contribution in [2.24, 2.45) is 0 Å². The summed E-state index contributed by atoms with van der Waals surface area (Å²) in [6.45, 7) is 6.38. The third-order valence-corrected chi connectivity index (χ3v) is 11.8. The zero-order valence-electron chi connectivity index (χ0n) is 44.3. The molecule has 68 heavy (non-hydrogen) atoms. The molecule has 0 aromatic heterocycles. The van der Waals surface area contributed by atoms with Crippen molar-refractivity contribution in [2.75, 3.05) is 13.2 Å². The summed E-state index contributed by atoms with van der Waals surface area (Å²) in [6.07, 6.45) is 74.0. The second kappa shape index (κ2) is 55.9. The molecule has 0 bridgehead atoms. The Morgan fingerprint density at radius 2 is 0.574 bits per heavy atom. The van der Waals surface area contributed by atoms with Crippen molar-refractivity contribution in [3.8, 4) is 0 Å². The first-order valence-corrected chi connectivity index (χ1v) is 28.2. The lowest BCUT2D eigenvalue weighted by atomic mass is 10.0. The van der Waals surface area contributed by atoms with Gasteiger partial charge in [-0.1, -0.05) is 240 Å². The first-order valence-electron chi connectivity index (χ1n) is 28.2. The molecule has 0 aliphatic rings. The Hall–Kier alpha value is -3.67. The van der Waals surface area contributed by atoms with Gasteiger partial charge in [-0.15, -0.1) is 0 Å². The van der Waals surface area contributed by atoms with Crippen LogP contribution in [0.15, 0.2) is 97.2 Å². The third kappa shape index (κ3) is 53.3. The molecule has 0 aromatic carbocycles. The predicted molar refractivity (Wildman–Crippen MR) is 293 cm³/mol. The van der Waals surface area contributed by atoms with Crippen molar-refractivity contribution >= 4 is 17.9 Å². The monoisotopic (exact) mass is 945 g/mol. The Bertz CT molecular complexity index is 1360. The summed E-state index contributed by atoms with van der Waals surface area (Å²) in [5.41, 5.74) is 0. The van der Waals surface area contributed by atoms with Crippen LogP contribution in [0.5, 0.6) is 0 Å². The number of rotatable bonds is 50. The van der Waals surface area contributed by atoms with Gasteiger partial charge >= 0.3 is 17.9 Å². The highest BCUT2D eigenvalue weighted by atomic mass is 16.6. The lowest BCUT2D eigenvalue weighted by molar-refractivity contribution is -0.167. The standard InChI is InChI=1S/C62H104O6/c1-4-7-10-13-16-19-22-25-28-30-31-33-34-37-40-43-46-49-52-55-61(64)67-58-59(57-66-60(63)54-51-48-45-42-39-36-27-24-21-18-15-12-9-6-3)68-62(65)56-53-50-47-44-41-38-35-32-29-26-23-20-17-14-11-8-5-2/h7,9-10,12,16,18-19,21,25,27-28,31,33,36-37,40,59H,4-6,8,11,13-15,17,20,22-24,26,29-30,32,34-35,38-39,41-58H2,1-3H3/b10-7-,12-9-,19-16-,21-18-,28-25-,33-31-,36-27-,40-37-. The molecule has 0 aliphatic heterocycles. The van der Waals surface area contributed by atoms with Crippen molar-refractivity contribution in [3.05, 3.63) is 97.2 Å². The molecule has 0 heterocycles. The van der Waals surface area contributed by atoms with Gasteiger partial charge in [0.2, 0.25) is 0 Å². The zero-order chi connectivity index (χ0) is 49.3. The molecule has 0 N–H and O–H groups in total. The molecule has 1 atom stereocenters. The van der Waals surface area contributed by atoms with Gasteiger partial charge in [0.25, 0.3) is 0 Å². The smallest absolute Gasteiger partial charge is 0.306 e. The van der Waals surface area contributed by atoms with E-state index in [0.29, 0.717) is 19.3 Å². The molecule has 0 aromatic rings. The summed E-state index contributed by atoms with van der Waals surface area (Å²) in [5, 5.41) is 0. The fourth-order valence-electron chi connectivity index (χ4n) is 7.66. The lowest BCUT2D eigenvalue weighted by Gasteiger charge is -2.18. The lowest BCUT2D eigenvalue weighted by Crippen LogP contribution is -2.30. The number of allylic oxidation sites excluding steroid dienone is 16. The van der Waals surface area contributed by atoms with Crippen molar-refractivity contribution in [3.63, 3.8) is 0 Å². The topological polar surface area (TPSA) is 78.9 Å². The van der Waals surface area contributed by atoms with E-state index < -0.39 is 6.10 Å². The molecule has 0 amide bonds. The molecule has 1 unspecified atom stereocenters. The van der Waals surface area contributed by atoms with Gasteiger partial charge in [-0.25, -0.2) is 0 Å². The van der Waals surface area contributed by atoms with Crippen molar-refractivity contribution < 1.29 is 28.6 Å². The maximum atomic E-state index is 12.9. The van der Waals surface area contributed by atoms with E-state index in [1.54, 1.807) is 0 Å². The minimum absolute atomic E-state index is 0.0989. The third-order valence-electron chi connectivity index (χ3n) is 11.8. The zero-order valence-corrected chi connectivity index (χ0v) is 44.3. The predicted octanol–water partition coefficient (Wildman–Crippen LogP) is 18.9. The van der Waals surface area contributed by atoms with Crippen molar-refractivity contribution in [1.29, 1.82) is 0 Å². The summed E-state index contributed by atoms with van der Waals surface area (Å²) >= 11 is 0. The van der Waals surface area contributed by atoms with Gasteiger partial charge in [0, 0.05) is 19.3 Å². The number of hydrogen-bond acceptors (Lipinski definition) is 6. The van der Waals surface area contributed by atoms with Crippen LogP contribution >= 0.6 is 0 Å². The van der Waals surface area contributed by atoms with E-state index in [1.807, 2.05) is 0 Å². The molecular formula is C62H104O6. The van der Waals surface area contributed by atoms with E-state index in [9.17, 15) is 14.4 Å². The molecule has 0 spiro atoms. The largest absolute Gasteiger partial charge is 0.462 e. The SMILES string of the molecule is CC/C=C\C/C=C\C/C=C\C/C=C\C/C=C\CCCCCC(=O)OCC(COC(=O)CCCCCC/C=C\C/C=C\C/C=C\CC)OC(=O)CCCCCCCCCCCCCCCCCCC. The molecule has 0 aliphatic carbocycles. The minimum atomic E-state index is -0.800. The van der Waals surface area contributed by atoms with Crippen LogP contribution < -0.4 is 0 Å². The van der Waals surface area contributed by atoms with Gasteiger partial charge in [-0.05, 0) is 96.3 Å². The molecule has 0 rings (SSSR count). The molecule has 388 valence electrons. The summed E-state index contributed by atoms with van der Waals surface area (Å²) in [7, 11) is 0. The van der Waals surface area contributed by atoms with Crippen LogP contribution in [-0.4, -0.2) is 37.2 Å². The number of carbonyl (C=O) groups is 3.